The molecule has 0 aromatic rings. The lowest BCUT2D eigenvalue weighted by Crippen LogP contribution is -2.57. The van der Waals surface area contributed by atoms with E-state index in [1.165, 1.54) is 51.9 Å². The summed E-state index contributed by atoms with van der Waals surface area (Å²) in [7, 11) is 0. The van der Waals surface area contributed by atoms with E-state index >= 15 is 0 Å². The SMILES string of the molecule is CCCCC(CC)CN(CC)C1CNC1. The number of likely N-dealkylation sites (N-methyl/N-ethyl adjacent to an activating group) is 1. The van der Waals surface area contributed by atoms with Crippen LogP contribution in [0.4, 0.5) is 0 Å². The molecule has 90 valence electrons. The normalized spacial score (nSPS) is 19.2. The van der Waals surface area contributed by atoms with Crippen LogP contribution in [0.15, 0.2) is 0 Å². The second-order valence-electron chi connectivity index (χ2n) is 4.82. The zero-order valence-electron chi connectivity index (χ0n) is 10.8. The van der Waals surface area contributed by atoms with Gasteiger partial charge in [-0.25, -0.2) is 0 Å². The second-order valence-corrected chi connectivity index (χ2v) is 4.82. The van der Waals surface area contributed by atoms with E-state index in [0.717, 1.165) is 12.0 Å². The largest absolute Gasteiger partial charge is 0.314 e. The molecule has 0 radical (unpaired) electrons. The average Bonchev–Trinajstić information content (AvgIpc) is 2.19. The smallest absolute Gasteiger partial charge is 0.0345 e. The molecule has 1 aliphatic heterocycles. The summed E-state index contributed by atoms with van der Waals surface area (Å²) >= 11 is 0. The first kappa shape index (κ1) is 13.0. The number of rotatable bonds is 8. The van der Waals surface area contributed by atoms with Crippen molar-refractivity contribution in [2.45, 2.75) is 52.5 Å². The maximum Gasteiger partial charge on any atom is 0.0345 e. The number of unbranched alkanes of at least 4 members (excludes halogenated alkanes) is 1. The summed E-state index contributed by atoms with van der Waals surface area (Å²) in [5, 5.41) is 3.37. The van der Waals surface area contributed by atoms with E-state index in [4.69, 9.17) is 0 Å². The Labute approximate surface area is 95.4 Å². The highest BCUT2D eigenvalue weighted by Crippen LogP contribution is 2.16. The van der Waals surface area contributed by atoms with E-state index in [0.29, 0.717) is 0 Å². The Bertz CT molecular complexity index is 155. The standard InChI is InChI=1S/C13H28N2/c1-4-7-8-12(5-2)11-15(6-3)13-9-14-10-13/h12-14H,4-11H2,1-3H3. The molecule has 0 aromatic carbocycles. The molecule has 1 atom stereocenters. The highest BCUT2D eigenvalue weighted by atomic mass is 15.2. The van der Waals surface area contributed by atoms with Gasteiger partial charge in [0.05, 0.1) is 0 Å². The van der Waals surface area contributed by atoms with Gasteiger partial charge in [-0.05, 0) is 18.9 Å². The van der Waals surface area contributed by atoms with Gasteiger partial charge in [-0.3, -0.25) is 4.90 Å². The molecule has 2 heteroatoms. The van der Waals surface area contributed by atoms with Crippen LogP contribution in [0, 0.1) is 5.92 Å². The third-order valence-electron chi connectivity index (χ3n) is 3.72. The molecule has 1 unspecified atom stereocenters. The Morgan fingerprint density at radius 3 is 2.40 bits per heavy atom. The van der Waals surface area contributed by atoms with Crippen LogP contribution in [-0.4, -0.2) is 37.1 Å². The fourth-order valence-corrected chi connectivity index (χ4v) is 2.32. The molecule has 1 fully saturated rings. The van der Waals surface area contributed by atoms with Gasteiger partial charge in [0.1, 0.15) is 0 Å². The Hall–Kier alpha value is -0.0800. The van der Waals surface area contributed by atoms with Crippen LogP contribution in [0.1, 0.15) is 46.5 Å². The fraction of sp³-hybridized carbons (Fsp3) is 1.00. The predicted molar refractivity (Wildman–Crippen MR) is 67.2 cm³/mol. The summed E-state index contributed by atoms with van der Waals surface area (Å²) in [4.78, 5) is 2.67. The first-order chi connectivity index (χ1) is 7.31. The molecule has 0 aromatic heterocycles. The van der Waals surface area contributed by atoms with E-state index in [1.807, 2.05) is 0 Å². The molecule has 2 nitrogen and oxygen atoms in total. The second kappa shape index (κ2) is 7.24. The molecule has 1 N–H and O–H groups in total. The molecular weight excluding hydrogens is 184 g/mol. The Morgan fingerprint density at radius 1 is 1.27 bits per heavy atom. The van der Waals surface area contributed by atoms with E-state index in [-0.39, 0.29) is 0 Å². The summed E-state index contributed by atoms with van der Waals surface area (Å²) in [5.41, 5.74) is 0. The molecule has 0 saturated carbocycles. The quantitative estimate of drug-likeness (QED) is 0.665. The van der Waals surface area contributed by atoms with Crippen molar-refractivity contribution in [2.24, 2.45) is 5.92 Å². The van der Waals surface area contributed by atoms with Crippen LogP contribution < -0.4 is 5.32 Å². The first-order valence-electron chi connectivity index (χ1n) is 6.76. The van der Waals surface area contributed by atoms with Gasteiger partial charge >= 0.3 is 0 Å². The van der Waals surface area contributed by atoms with Crippen LogP contribution in [0.5, 0.6) is 0 Å². The van der Waals surface area contributed by atoms with Gasteiger partial charge in [0.25, 0.3) is 0 Å². The number of nitrogens with one attached hydrogen (secondary N) is 1. The third kappa shape index (κ3) is 4.12. The summed E-state index contributed by atoms with van der Waals surface area (Å²) in [5.74, 6) is 0.922. The topological polar surface area (TPSA) is 15.3 Å². The molecule has 1 saturated heterocycles. The van der Waals surface area contributed by atoms with Crippen molar-refractivity contribution >= 4 is 0 Å². The van der Waals surface area contributed by atoms with Gasteiger partial charge in [0, 0.05) is 25.7 Å². The molecule has 15 heavy (non-hydrogen) atoms. The first-order valence-corrected chi connectivity index (χ1v) is 6.76. The number of hydrogen-bond acceptors (Lipinski definition) is 2. The van der Waals surface area contributed by atoms with Gasteiger partial charge in [-0.2, -0.15) is 0 Å². The highest BCUT2D eigenvalue weighted by molar-refractivity contribution is 4.84. The Balaban J connectivity index is 2.26. The highest BCUT2D eigenvalue weighted by Gasteiger charge is 2.24. The average molecular weight is 212 g/mol. The van der Waals surface area contributed by atoms with E-state index < -0.39 is 0 Å². The van der Waals surface area contributed by atoms with Crippen LogP contribution in [0.3, 0.4) is 0 Å². The minimum atomic E-state index is 0.825. The zero-order valence-corrected chi connectivity index (χ0v) is 10.8. The molecule has 0 aliphatic carbocycles. The maximum atomic E-state index is 3.37. The van der Waals surface area contributed by atoms with Gasteiger partial charge < -0.3 is 5.32 Å². The molecule has 1 rings (SSSR count). The zero-order chi connectivity index (χ0) is 11.1. The fourth-order valence-electron chi connectivity index (χ4n) is 2.32. The van der Waals surface area contributed by atoms with Crippen LogP contribution in [-0.2, 0) is 0 Å². The van der Waals surface area contributed by atoms with Crippen molar-refractivity contribution in [1.82, 2.24) is 10.2 Å². The lowest BCUT2D eigenvalue weighted by atomic mass is 9.97. The molecular formula is C13H28N2. The third-order valence-corrected chi connectivity index (χ3v) is 3.72. The summed E-state index contributed by atoms with van der Waals surface area (Å²) in [6.45, 7) is 11.9. The van der Waals surface area contributed by atoms with Crippen LogP contribution in [0.25, 0.3) is 0 Å². The van der Waals surface area contributed by atoms with Crippen molar-refractivity contribution in [3.8, 4) is 0 Å². The lowest BCUT2D eigenvalue weighted by Gasteiger charge is -2.39. The van der Waals surface area contributed by atoms with E-state index in [1.54, 1.807) is 0 Å². The minimum Gasteiger partial charge on any atom is -0.314 e. The molecule has 0 spiro atoms. The number of nitrogens with zero attached hydrogens (tertiary/aromatic N) is 1. The van der Waals surface area contributed by atoms with Crippen molar-refractivity contribution < 1.29 is 0 Å². The van der Waals surface area contributed by atoms with E-state index in [9.17, 15) is 0 Å². The lowest BCUT2D eigenvalue weighted by molar-refractivity contribution is 0.126. The van der Waals surface area contributed by atoms with E-state index in [2.05, 4.69) is 31.0 Å². The molecule has 0 bridgehead atoms. The molecule has 1 aliphatic rings. The Kier molecular flexibility index (Phi) is 6.26. The maximum absolute atomic E-state index is 3.37. The van der Waals surface area contributed by atoms with Crippen molar-refractivity contribution in [3.05, 3.63) is 0 Å². The Morgan fingerprint density at radius 2 is 2.00 bits per heavy atom. The number of hydrogen-bond donors (Lipinski definition) is 1. The predicted octanol–water partition coefficient (Wildman–Crippen LogP) is 2.50. The summed E-state index contributed by atoms with van der Waals surface area (Å²) in [6.07, 6.45) is 5.51. The van der Waals surface area contributed by atoms with Gasteiger partial charge in [0.2, 0.25) is 0 Å². The van der Waals surface area contributed by atoms with Crippen LogP contribution >= 0.6 is 0 Å². The minimum absolute atomic E-state index is 0.825. The summed E-state index contributed by atoms with van der Waals surface area (Å²) < 4.78 is 0. The monoisotopic (exact) mass is 212 g/mol. The summed E-state index contributed by atoms with van der Waals surface area (Å²) in [6, 6.07) is 0.825. The van der Waals surface area contributed by atoms with Crippen LogP contribution in [0.2, 0.25) is 0 Å². The van der Waals surface area contributed by atoms with Crippen molar-refractivity contribution in [1.29, 1.82) is 0 Å². The van der Waals surface area contributed by atoms with Gasteiger partial charge in [-0.1, -0.05) is 40.0 Å². The van der Waals surface area contributed by atoms with Crippen molar-refractivity contribution in [3.63, 3.8) is 0 Å². The van der Waals surface area contributed by atoms with Crippen molar-refractivity contribution in [2.75, 3.05) is 26.2 Å². The molecule has 1 heterocycles. The molecule has 0 amide bonds. The van der Waals surface area contributed by atoms with Gasteiger partial charge in [-0.15, -0.1) is 0 Å². The van der Waals surface area contributed by atoms with Gasteiger partial charge in [0.15, 0.2) is 0 Å².